The van der Waals surface area contributed by atoms with Gasteiger partial charge in [-0.15, -0.1) is 0 Å². The Bertz CT molecular complexity index is 223. The fourth-order valence-electron chi connectivity index (χ4n) is 0.788. The number of hydrogen-bond acceptors (Lipinski definition) is 4. The van der Waals surface area contributed by atoms with E-state index in [9.17, 15) is 0 Å². The summed E-state index contributed by atoms with van der Waals surface area (Å²) < 4.78 is 0. The van der Waals surface area contributed by atoms with E-state index in [0.717, 1.165) is 18.1 Å². The normalized spacial score (nSPS) is 9.64. The Hall–Kier alpha value is -1.16. The Kier molecular flexibility index (Phi) is 2.80. The lowest BCUT2D eigenvalue weighted by Gasteiger charge is -2.00. The van der Waals surface area contributed by atoms with E-state index in [4.69, 9.17) is 5.73 Å². The predicted octanol–water partition coefficient (Wildman–Crippen LogP) is 0.0195. The summed E-state index contributed by atoms with van der Waals surface area (Å²) in [5.74, 6) is 1.63. The van der Waals surface area contributed by atoms with Crippen LogP contribution in [-0.4, -0.2) is 23.6 Å². The highest BCUT2D eigenvalue weighted by atomic mass is 15.0. The van der Waals surface area contributed by atoms with Crippen LogP contribution in [0.4, 0.5) is 5.82 Å². The molecule has 0 saturated heterocycles. The van der Waals surface area contributed by atoms with E-state index in [0.29, 0.717) is 6.54 Å². The topological polar surface area (TPSA) is 63.8 Å². The van der Waals surface area contributed by atoms with Crippen LogP contribution in [0.15, 0.2) is 12.3 Å². The first kappa shape index (κ1) is 7.94. The summed E-state index contributed by atoms with van der Waals surface area (Å²) in [6.45, 7) is 0.590. The third-order valence-electron chi connectivity index (χ3n) is 1.33. The molecule has 1 heterocycles. The summed E-state index contributed by atoms with van der Waals surface area (Å²) in [5.41, 5.74) is 5.35. The molecule has 0 aliphatic heterocycles. The minimum absolute atomic E-state index is 0.590. The van der Waals surface area contributed by atoms with Gasteiger partial charge in [-0.25, -0.2) is 9.97 Å². The van der Waals surface area contributed by atoms with Gasteiger partial charge in [0.1, 0.15) is 11.6 Å². The Morgan fingerprint density at radius 3 is 3.09 bits per heavy atom. The van der Waals surface area contributed by atoms with E-state index < -0.39 is 0 Å². The van der Waals surface area contributed by atoms with Gasteiger partial charge < -0.3 is 11.1 Å². The van der Waals surface area contributed by atoms with Gasteiger partial charge in [0.2, 0.25) is 0 Å². The van der Waals surface area contributed by atoms with Crippen molar-refractivity contribution in [2.45, 2.75) is 6.42 Å². The summed E-state index contributed by atoms with van der Waals surface area (Å²) in [7, 11) is 1.83. The third kappa shape index (κ3) is 2.16. The number of nitrogens with one attached hydrogen (secondary N) is 1. The molecule has 1 rings (SSSR count). The lowest BCUT2D eigenvalue weighted by Crippen LogP contribution is -2.07. The Morgan fingerprint density at radius 2 is 2.45 bits per heavy atom. The van der Waals surface area contributed by atoms with Crippen LogP contribution in [0.1, 0.15) is 5.82 Å². The molecule has 0 aliphatic rings. The monoisotopic (exact) mass is 152 g/mol. The highest BCUT2D eigenvalue weighted by Gasteiger charge is 1.94. The molecule has 1 aromatic heterocycles. The van der Waals surface area contributed by atoms with Crippen molar-refractivity contribution in [1.82, 2.24) is 9.97 Å². The predicted molar refractivity (Wildman–Crippen MR) is 44.3 cm³/mol. The van der Waals surface area contributed by atoms with E-state index >= 15 is 0 Å². The van der Waals surface area contributed by atoms with Crippen LogP contribution in [-0.2, 0) is 6.42 Å². The smallest absolute Gasteiger partial charge is 0.131 e. The molecule has 11 heavy (non-hydrogen) atoms. The fraction of sp³-hybridized carbons (Fsp3) is 0.429. The second-order valence-electron chi connectivity index (χ2n) is 2.15. The van der Waals surface area contributed by atoms with Crippen molar-refractivity contribution in [3.63, 3.8) is 0 Å². The lowest BCUT2D eigenvalue weighted by atomic mass is 10.4. The van der Waals surface area contributed by atoms with Crippen LogP contribution < -0.4 is 11.1 Å². The van der Waals surface area contributed by atoms with Crippen molar-refractivity contribution in [3.05, 3.63) is 18.1 Å². The zero-order valence-electron chi connectivity index (χ0n) is 6.54. The highest BCUT2D eigenvalue weighted by Crippen LogP contribution is 1.99. The number of nitrogens with zero attached hydrogens (tertiary/aromatic N) is 2. The van der Waals surface area contributed by atoms with Gasteiger partial charge in [0, 0.05) is 19.7 Å². The molecule has 0 amide bonds. The summed E-state index contributed by atoms with van der Waals surface area (Å²) in [5, 5.41) is 2.93. The first-order valence-corrected chi connectivity index (χ1v) is 3.56. The van der Waals surface area contributed by atoms with Gasteiger partial charge in [0.25, 0.3) is 0 Å². The van der Waals surface area contributed by atoms with Crippen LogP contribution in [0.25, 0.3) is 0 Å². The number of hydrogen-bond donors (Lipinski definition) is 2. The van der Waals surface area contributed by atoms with Gasteiger partial charge in [-0.2, -0.15) is 0 Å². The zero-order valence-corrected chi connectivity index (χ0v) is 6.54. The van der Waals surface area contributed by atoms with Crippen molar-refractivity contribution >= 4 is 5.82 Å². The molecule has 60 valence electrons. The number of rotatable bonds is 3. The van der Waals surface area contributed by atoms with Gasteiger partial charge >= 0.3 is 0 Å². The highest BCUT2D eigenvalue weighted by molar-refractivity contribution is 5.31. The molecule has 0 atom stereocenters. The molecule has 0 unspecified atom stereocenters. The molecule has 0 radical (unpaired) electrons. The van der Waals surface area contributed by atoms with E-state index in [1.54, 1.807) is 6.20 Å². The second kappa shape index (κ2) is 3.88. The number of nitrogens with two attached hydrogens (primary N) is 1. The lowest BCUT2D eigenvalue weighted by molar-refractivity contribution is 0.869. The van der Waals surface area contributed by atoms with Crippen molar-refractivity contribution in [2.75, 3.05) is 18.9 Å². The molecule has 4 heteroatoms. The first-order chi connectivity index (χ1) is 5.36. The van der Waals surface area contributed by atoms with Crippen LogP contribution in [0.3, 0.4) is 0 Å². The minimum Gasteiger partial charge on any atom is -0.373 e. The van der Waals surface area contributed by atoms with Crippen molar-refractivity contribution in [1.29, 1.82) is 0 Å². The number of anilines is 1. The Morgan fingerprint density at radius 1 is 1.64 bits per heavy atom. The van der Waals surface area contributed by atoms with E-state index in [1.165, 1.54) is 0 Å². The van der Waals surface area contributed by atoms with Crippen molar-refractivity contribution in [3.8, 4) is 0 Å². The summed E-state index contributed by atoms with van der Waals surface area (Å²) in [4.78, 5) is 8.22. The van der Waals surface area contributed by atoms with Crippen molar-refractivity contribution in [2.24, 2.45) is 5.73 Å². The molecule has 0 fully saturated rings. The minimum atomic E-state index is 0.590. The molecule has 0 spiro atoms. The Balaban J connectivity index is 2.74. The average molecular weight is 152 g/mol. The van der Waals surface area contributed by atoms with Gasteiger partial charge in [0.05, 0.1) is 0 Å². The average Bonchev–Trinajstić information content (AvgIpc) is 2.06. The van der Waals surface area contributed by atoms with Crippen molar-refractivity contribution < 1.29 is 0 Å². The van der Waals surface area contributed by atoms with Crippen LogP contribution in [0.5, 0.6) is 0 Å². The largest absolute Gasteiger partial charge is 0.373 e. The molecule has 0 aromatic carbocycles. The van der Waals surface area contributed by atoms with Gasteiger partial charge in [-0.3, -0.25) is 0 Å². The maximum absolute atomic E-state index is 5.35. The summed E-state index contributed by atoms with van der Waals surface area (Å²) in [6, 6.07) is 1.82. The van der Waals surface area contributed by atoms with Gasteiger partial charge in [-0.1, -0.05) is 0 Å². The van der Waals surface area contributed by atoms with Gasteiger partial charge in [-0.05, 0) is 12.6 Å². The van der Waals surface area contributed by atoms with Gasteiger partial charge in [0.15, 0.2) is 0 Å². The van der Waals surface area contributed by atoms with Crippen LogP contribution >= 0.6 is 0 Å². The molecular formula is C7H12N4. The standard InChI is InChI=1S/C7H12N4/c1-9-6-3-5-10-7(11-6)2-4-8/h3,5H,2,4,8H2,1H3,(H,9,10,11). The number of aromatic nitrogens is 2. The molecule has 0 bridgehead atoms. The molecule has 1 aromatic rings. The zero-order chi connectivity index (χ0) is 8.10. The SMILES string of the molecule is CNc1ccnc(CCN)n1. The molecule has 4 nitrogen and oxygen atoms in total. The maximum atomic E-state index is 5.35. The fourth-order valence-corrected chi connectivity index (χ4v) is 0.788. The van der Waals surface area contributed by atoms with E-state index in [1.807, 2.05) is 13.1 Å². The maximum Gasteiger partial charge on any atom is 0.131 e. The summed E-state index contributed by atoms with van der Waals surface area (Å²) in [6.07, 6.45) is 2.46. The first-order valence-electron chi connectivity index (χ1n) is 3.56. The van der Waals surface area contributed by atoms with E-state index in [-0.39, 0.29) is 0 Å². The second-order valence-corrected chi connectivity index (χ2v) is 2.15. The quantitative estimate of drug-likeness (QED) is 0.641. The molecule has 3 N–H and O–H groups in total. The summed E-state index contributed by atoms with van der Waals surface area (Å²) >= 11 is 0. The Labute approximate surface area is 65.9 Å². The van der Waals surface area contributed by atoms with Crippen LogP contribution in [0.2, 0.25) is 0 Å². The van der Waals surface area contributed by atoms with Crippen LogP contribution in [0, 0.1) is 0 Å². The molecule has 0 saturated carbocycles. The third-order valence-corrected chi connectivity index (χ3v) is 1.33. The molecular weight excluding hydrogens is 140 g/mol. The van der Waals surface area contributed by atoms with E-state index in [2.05, 4.69) is 15.3 Å². The molecule has 0 aliphatic carbocycles.